The Morgan fingerprint density at radius 3 is 2.24 bits per heavy atom. The van der Waals surface area contributed by atoms with Gasteiger partial charge in [0.15, 0.2) is 0 Å². The third-order valence-corrected chi connectivity index (χ3v) is 6.42. The van der Waals surface area contributed by atoms with Gasteiger partial charge in [0.1, 0.15) is 21.7 Å². The van der Waals surface area contributed by atoms with Crippen LogP contribution < -0.4 is 14.3 Å². The second-order valence-electron chi connectivity index (χ2n) is 5.11. The summed E-state index contributed by atoms with van der Waals surface area (Å²) in [5, 5.41) is 0.459. The van der Waals surface area contributed by atoms with E-state index in [1.807, 2.05) is 0 Å². The summed E-state index contributed by atoms with van der Waals surface area (Å²) in [5.74, 6) is 1.24. The van der Waals surface area contributed by atoms with Crippen molar-refractivity contribution in [2.75, 3.05) is 14.2 Å². The number of aromatic nitrogens is 1. The maximum absolute atomic E-state index is 12.6. The largest absolute Gasteiger partial charge is 0.495 e. The van der Waals surface area contributed by atoms with E-state index < -0.39 is 10.0 Å². The van der Waals surface area contributed by atoms with Crippen molar-refractivity contribution in [3.8, 4) is 11.5 Å². The van der Waals surface area contributed by atoms with Gasteiger partial charge in [-0.15, -0.1) is 4.40 Å². The van der Waals surface area contributed by atoms with Crippen LogP contribution in [0.1, 0.15) is 0 Å². The van der Waals surface area contributed by atoms with E-state index in [0.29, 0.717) is 21.3 Å². The lowest BCUT2D eigenvalue weighted by Gasteiger charge is -2.06. The van der Waals surface area contributed by atoms with E-state index >= 15 is 0 Å². The minimum absolute atomic E-state index is 0.0771. The molecule has 0 amide bonds. The SMILES string of the molecule is COc1ccc(OC)c2c1sc(=NS(=O)(=O)c1ccc(Cl)cc1)n2C. The Balaban J connectivity index is 2.27. The summed E-state index contributed by atoms with van der Waals surface area (Å²) in [7, 11) is 0.982. The van der Waals surface area contributed by atoms with Crippen LogP contribution in [-0.4, -0.2) is 27.2 Å². The first-order valence-corrected chi connectivity index (χ1v) is 9.78. The highest BCUT2D eigenvalue weighted by Crippen LogP contribution is 2.34. The molecule has 0 N–H and O–H groups in total. The number of hydrogen-bond donors (Lipinski definition) is 0. The first-order chi connectivity index (χ1) is 11.9. The number of aryl methyl sites for hydroxylation is 1. The summed E-state index contributed by atoms with van der Waals surface area (Å²) in [6.45, 7) is 0. The smallest absolute Gasteiger partial charge is 0.285 e. The van der Waals surface area contributed by atoms with Gasteiger partial charge in [0.2, 0.25) is 4.80 Å². The molecule has 132 valence electrons. The lowest BCUT2D eigenvalue weighted by atomic mass is 10.3. The summed E-state index contributed by atoms with van der Waals surface area (Å²) < 4.78 is 42.3. The fraction of sp³-hybridized carbons (Fsp3) is 0.188. The van der Waals surface area contributed by atoms with E-state index in [9.17, 15) is 8.42 Å². The Bertz CT molecular complexity index is 1100. The summed E-state index contributed by atoms with van der Waals surface area (Å²) in [6, 6.07) is 9.42. The standard InChI is InChI=1S/C16H15ClN2O4S2/c1-19-14-12(22-2)8-9-13(23-3)15(14)24-16(19)18-25(20,21)11-6-4-10(17)5-7-11/h4-9H,1-3H3. The predicted molar refractivity (Wildman–Crippen MR) is 98.1 cm³/mol. The van der Waals surface area contributed by atoms with Crippen LogP contribution in [0.4, 0.5) is 0 Å². The summed E-state index contributed by atoms with van der Waals surface area (Å²) in [6.07, 6.45) is 0. The van der Waals surface area contributed by atoms with E-state index in [4.69, 9.17) is 21.1 Å². The molecule has 0 aliphatic carbocycles. The van der Waals surface area contributed by atoms with Crippen molar-refractivity contribution in [2.24, 2.45) is 11.4 Å². The third-order valence-electron chi connectivity index (χ3n) is 3.62. The number of halogens is 1. The van der Waals surface area contributed by atoms with Crippen LogP contribution in [0.3, 0.4) is 0 Å². The molecule has 0 aliphatic heterocycles. The molecule has 0 unspecified atom stereocenters. The Kier molecular flexibility index (Phi) is 4.77. The topological polar surface area (TPSA) is 69.9 Å². The van der Waals surface area contributed by atoms with Crippen LogP contribution in [-0.2, 0) is 17.1 Å². The van der Waals surface area contributed by atoms with Crippen LogP contribution in [0, 0.1) is 0 Å². The molecule has 0 spiro atoms. The lowest BCUT2D eigenvalue weighted by molar-refractivity contribution is 0.409. The molecule has 3 rings (SSSR count). The maximum atomic E-state index is 12.6. The van der Waals surface area contributed by atoms with Crippen molar-refractivity contribution >= 4 is 43.2 Å². The molecule has 1 aromatic heterocycles. The number of ether oxygens (including phenoxy) is 2. The molecule has 0 saturated carbocycles. The third kappa shape index (κ3) is 3.24. The zero-order chi connectivity index (χ0) is 18.2. The molecule has 1 heterocycles. The van der Waals surface area contributed by atoms with E-state index in [-0.39, 0.29) is 4.90 Å². The van der Waals surface area contributed by atoms with Crippen LogP contribution in [0.15, 0.2) is 45.7 Å². The number of sulfonamides is 1. The lowest BCUT2D eigenvalue weighted by Crippen LogP contribution is -2.14. The zero-order valence-corrected chi connectivity index (χ0v) is 16.1. The number of methoxy groups -OCH3 is 2. The second-order valence-corrected chi connectivity index (χ2v) is 8.13. The van der Waals surface area contributed by atoms with Gasteiger partial charge in [0.25, 0.3) is 10.0 Å². The molecule has 2 aromatic carbocycles. The zero-order valence-electron chi connectivity index (χ0n) is 13.7. The molecule has 9 heteroatoms. The van der Waals surface area contributed by atoms with E-state index in [2.05, 4.69) is 4.40 Å². The highest BCUT2D eigenvalue weighted by atomic mass is 35.5. The van der Waals surface area contributed by atoms with E-state index in [1.165, 1.54) is 35.6 Å². The van der Waals surface area contributed by atoms with Gasteiger partial charge in [0.05, 0.1) is 19.1 Å². The molecule has 25 heavy (non-hydrogen) atoms. The van der Waals surface area contributed by atoms with Gasteiger partial charge in [-0.05, 0) is 36.4 Å². The molecule has 0 saturated heterocycles. The van der Waals surface area contributed by atoms with Crippen molar-refractivity contribution in [2.45, 2.75) is 4.90 Å². The van der Waals surface area contributed by atoms with Gasteiger partial charge in [-0.2, -0.15) is 8.42 Å². The fourth-order valence-corrected chi connectivity index (χ4v) is 4.85. The van der Waals surface area contributed by atoms with Crippen molar-refractivity contribution in [1.82, 2.24) is 4.57 Å². The Hall–Kier alpha value is -2.03. The molecule has 0 fully saturated rings. The number of fused-ring (bicyclic) bond motifs is 1. The monoisotopic (exact) mass is 398 g/mol. The van der Waals surface area contributed by atoms with Gasteiger partial charge >= 0.3 is 0 Å². The Morgan fingerprint density at radius 2 is 1.64 bits per heavy atom. The van der Waals surface area contributed by atoms with Gasteiger partial charge in [-0.25, -0.2) is 0 Å². The van der Waals surface area contributed by atoms with Crippen LogP contribution in [0.2, 0.25) is 5.02 Å². The maximum Gasteiger partial charge on any atom is 0.285 e. The minimum Gasteiger partial charge on any atom is -0.495 e. The van der Waals surface area contributed by atoms with Crippen LogP contribution in [0.5, 0.6) is 11.5 Å². The van der Waals surface area contributed by atoms with Crippen molar-refractivity contribution < 1.29 is 17.9 Å². The van der Waals surface area contributed by atoms with Crippen LogP contribution >= 0.6 is 22.9 Å². The van der Waals surface area contributed by atoms with Gasteiger partial charge in [-0.3, -0.25) is 0 Å². The first-order valence-electron chi connectivity index (χ1n) is 7.14. The number of benzene rings is 2. The average Bonchev–Trinajstić information content (AvgIpc) is 2.91. The molecule has 0 bridgehead atoms. The average molecular weight is 399 g/mol. The molecular weight excluding hydrogens is 384 g/mol. The molecule has 6 nitrogen and oxygen atoms in total. The summed E-state index contributed by atoms with van der Waals surface area (Å²) >= 11 is 7.03. The van der Waals surface area contributed by atoms with Crippen molar-refractivity contribution in [3.63, 3.8) is 0 Å². The Morgan fingerprint density at radius 1 is 1.04 bits per heavy atom. The van der Waals surface area contributed by atoms with E-state index in [1.54, 1.807) is 38.0 Å². The number of nitrogens with zero attached hydrogens (tertiary/aromatic N) is 2. The number of thiazole rings is 1. The summed E-state index contributed by atoms with van der Waals surface area (Å²) in [4.78, 5) is 0.390. The quantitative estimate of drug-likeness (QED) is 0.676. The molecule has 0 aliphatic rings. The molecular formula is C16H15ClN2O4S2. The first kappa shape index (κ1) is 17.8. The van der Waals surface area contributed by atoms with Gasteiger partial charge in [0, 0.05) is 12.1 Å². The highest BCUT2D eigenvalue weighted by molar-refractivity contribution is 7.90. The number of rotatable bonds is 4. The molecule has 3 aromatic rings. The van der Waals surface area contributed by atoms with Gasteiger partial charge < -0.3 is 14.0 Å². The molecule has 0 atom stereocenters. The van der Waals surface area contributed by atoms with Crippen LogP contribution in [0.25, 0.3) is 10.2 Å². The Labute approximate surface area is 154 Å². The normalized spacial score (nSPS) is 12.6. The highest BCUT2D eigenvalue weighted by Gasteiger charge is 2.17. The second kappa shape index (κ2) is 6.70. The van der Waals surface area contributed by atoms with Crippen molar-refractivity contribution in [1.29, 1.82) is 0 Å². The van der Waals surface area contributed by atoms with Gasteiger partial charge in [-0.1, -0.05) is 22.9 Å². The fourth-order valence-electron chi connectivity index (χ4n) is 2.37. The minimum atomic E-state index is -3.87. The summed E-state index contributed by atoms with van der Waals surface area (Å²) in [5.41, 5.74) is 0.719. The predicted octanol–water partition coefficient (Wildman–Crippen LogP) is 3.20. The van der Waals surface area contributed by atoms with Crippen molar-refractivity contribution in [3.05, 3.63) is 46.2 Å². The molecule has 0 radical (unpaired) electrons. The van der Waals surface area contributed by atoms with E-state index in [0.717, 1.165) is 10.2 Å². The number of hydrogen-bond acceptors (Lipinski definition) is 5.